The maximum absolute atomic E-state index is 12.7. The largest absolute Gasteiger partial charge is 0.493 e. The highest BCUT2D eigenvalue weighted by atomic mass is 79.9. The summed E-state index contributed by atoms with van der Waals surface area (Å²) in [6, 6.07) is 10.9. The maximum Gasteiger partial charge on any atom is 0.339 e. The van der Waals surface area contributed by atoms with E-state index >= 15 is 0 Å². The SMILES string of the molecule is CCCOc1c(Br)cc(C(=O)OC(C)c2nnc(-c3ccc(C)cc3)o2)cc1OC. The van der Waals surface area contributed by atoms with Gasteiger partial charge < -0.3 is 18.6 Å². The second-order valence-electron chi connectivity index (χ2n) is 6.70. The van der Waals surface area contributed by atoms with Crippen molar-refractivity contribution >= 4 is 21.9 Å². The summed E-state index contributed by atoms with van der Waals surface area (Å²) in [5, 5.41) is 8.06. The minimum Gasteiger partial charge on any atom is -0.493 e. The van der Waals surface area contributed by atoms with E-state index in [9.17, 15) is 4.79 Å². The number of ether oxygens (including phenoxy) is 3. The lowest BCUT2D eigenvalue weighted by Crippen LogP contribution is -2.10. The van der Waals surface area contributed by atoms with Gasteiger partial charge in [0.1, 0.15) is 0 Å². The van der Waals surface area contributed by atoms with E-state index in [2.05, 4.69) is 26.1 Å². The molecule has 1 atom stereocenters. The van der Waals surface area contributed by atoms with Crippen LogP contribution in [0.1, 0.15) is 48.2 Å². The van der Waals surface area contributed by atoms with Gasteiger partial charge in [0.05, 0.1) is 23.8 Å². The summed E-state index contributed by atoms with van der Waals surface area (Å²) in [4.78, 5) is 12.7. The molecule has 3 aromatic rings. The van der Waals surface area contributed by atoms with Crippen molar-refractivity contribution in [2.45, 2.75) is 33.3 Å². The number of benzene rings is 2. The van der Waals surface area contributed by atoms with E-state index in [1.165, 1.54) is 7.11 Å². The molecule has 0 amide bonds. The number of hydrogen-bond acceptors (Lipinski definition) is 7. The van der Waals surface area contributed by atoms with Crippen LogP contribution >= 0.6 is 15.9 Å². The first-order valence-corrected chi connectivity index (χ1v) is 10.3. The number of carbonyl (C=O) groups is 1. The molecule has 0 saturated heterocycles. The molecule has 7 nitrogen and oxygen atoms in total. The summed E-state index contributed by atoms with van der Waals surface area (Å²) in [6.45, 7) is 6.22. The number of nitrogens with zero attached hydrogens (tertiary/aromatic N) is 2. The molecule has 2 aromatic carbocycles. The Morgan fingerprint density at radius 1 is 1.20 bits per heavy atom. The minimum atomic E-state index is -0.718. The van der Waals surface area contributed by atoms with E-state index < -0.39 is 12.1 Å². The topological polar surface area (TPSA) is 83.7 Å². The molecule has 0 bridgehead atoms. The third-order valence-electron chi connectivity index (χ3n) is 4.29. The van der Waals surface area contributed by atoms with Crippen molar-refractivity contribution in [3.8, 4) is 23.0 Å². The predicted molar refractivity (Wildman–Crippen MR) is 115 cm³/mol. The highest BCUT2D eigenvalue weighted by molar-refractivity contribution is 9.10. The van der Waals surface area contributed by atoms with Gasteiger partial charge in [0.2, 0.25) is 5.89 Å². The average Bonchev–Trinajstić information content (AvgIpc) is 3.23. The van der Waals surface area contributed by atoms with E-state index in [0.717, 1.165) is 17.5 Å². The van der Waals surface area contributed by atoms with Gasteiger partial charge in [-0.25, -0.2) is 4.79 Å². The van der Waals surface area contributed by atoms with Crippen molar-refractivity contribution in [1.29, 1.82) is 0 Å². The highest BCUT2D eigenvalue weighted by Gasteiger charge is 2.22. The van der Waals surface area contributed by atoms with E-state index in [0.29, 0.717) is 34.0 Å². The molecule has 0 saturated carbocycles. The second kappa shape index (κ2) is 9.75. The Morgan fingerprint density at radius 2 is 1.93 bits per heavy atom. The summed E-state index contributed by atoms with van der Waals surface area (Å²) in [5.74, 6) is 1.03. The first kappa shape index (κ1) is 21.8. The zero-order valence-electron chi connectivity index (χ0n) is 17.3. The van der Waals surface area contributed by atoms with Crippen LogP contribution in [0.4, 0.5) is 0 Å². The number of aryl methyl sites for hydroxylation is 1. The second-order valence-corrected chi connectivity index (χ2v) is 7.55. The molecule has 0 aliphatic heterocycles. The fraction of sp³-hybridized carbons (Fsp3) is 0.318. The number of aromatic nitrogens is 2. The normalized spacial score (nSPS) is 11.8. The van der Waals surface area contributed by atoms with Gasteiger partial charge in [0, 0.05) is 5.56 Å². The van der Waals surface area contributed by atoms with Crippen LogP contribution in [0.15, 0.2) is 45.3 Å². The number of halogens is 1. The highest BCUT2D eigenvalue weighted by Crippen LogP contribution is 2.37. The molecule has 0 radical (unpaired) electrons. The fourth-order valence-electron chi connectivity index (χ4n) is 2.67. The molecule has 0 N–H and O–H groups in total. The molecule has 1 heterocycles. The predicted octanol–water partition coefficient (Wildman–Crippen LogP) is 5.52. The number of methoxy groups -OCH3 is 1. The smallest absolute Gasteiger partial charge is 0.339 e. The molecule has 0 aliphatic carbocycles. The molecule has 1 aromatic heterocycles. The molecule has 8 heteroatoms. The van der Waals surface area contributed by atoms with Crippen LogP contribution in [0.25, 0.3) is 11.5 Å². The molecule has 30 heavy (non-hydrogen) atoms. The number of carbonyl (C=O) groups excluding carboxylic acids is 1. The van der Waals surface area contributed by atoms with Crippen molar-refractivity contribution in [1.82, 2.24) is 10.2 Å². The molecular formula is C22H23BrN2O5. The quantitative estimate of drug-likeness (QED) is 0.397. The molecule has 0 spiro atoms. The summed E-state index contributed by atoms with van der Waals surface area (Å²) in [5.41, 5.74) is 2.25. The number of hydrogen-bond donors (Lipinski definition) is 0. The van der Waals surface area contributed by atoms with Crippen LogP contribution < -0.4 is 9.47 Å². The summed E-state index contributed by atoms with van der Waals surface area (Å²) in [6.07, 6.45) is 0.135. The van der Waals surface area contributed by atoms with Gasteiger partial charge in [-0.15, -0.1) is 10.2 Å². The van der Waals surface area contributed by atoms with Crippen LogP contribution in [0.2, 0.25) is 0 Å². The lowest BCUT2D eigenvalue weighted by atomic mass is 10.1. The standard InChI is InChI=1S/C22H23BrN2O5/c1-5-10-28-19-17(23)11-16(12-18(19)27-4)22(26)29-14(3)20-24-25-21(30-20)15-8-6-13(2)7-9-15/h6-9,11-12,14H,5,10H2,1-4H3. The third-order valence-corrected chi connectivity index (χ3v) is 4.88. The number of rotatable bonds is 8. The van der Waals surface area contributed by atoms with Crippen molar-refractivity contribution in [3.63, 3.8) is 0 Å². The van der Waals surface area contributed by atoms with E-state index in [4.69, 9.17) is 18.6 Å². The Morgan fingerprint density at radius 3 is 2.60 bits per heavy atom. The minimum absolute atomic E-state index is 0.216. The van der Waals surface area contributed by atoms with Crippen molar-refractivity contribution in [2.24, 2.45) is 0 Å². The van der Waals surface area contributed by atoms with Gasteiger partial charge in [0.15, 0.2) is 17.6 Å². The van der Waals surface area contributed by atoms with Gasteiger partial charge in [-0.3, -0.25) is 0 Å². The monoisotopic (exact) mass is 474 g/mol. The van der Waals surface area contributed by atoms with E-state index in [1.807, 2.05) is 38.1 Å². The first-order valence-electron chi connectivity index (χ1n) is 9.54. The molecular weight excluding hydrogens is 452 g/mol. The van der Waals surface area contributed by atoms with Gasteiger partial charge in [-0.2, -0.15) is 0 Å². The molecule has 0 aliphatic rings. The lowest BCUT2D eigenvalue weighted by molar-refractivity contribution is 0.0279. The molecule has 3 rings (SSSR count). The van der Waals surface area contributed by atoms with Crippen molar-refractivity contribution in [2.75, 3.05) is 13.7 Å². The Balaban J connectivity index is 1.74. The van der Waals surface area contributed by atoms with E-state index in [-0.39, 0.29) is 5.89 Å². The zero-order chi connectivity index (χ0) is 21.7. The molecule has 1 unspecified atom stereocenters. The Kier molecular flexibility index (Phi) is 7.10. The van der Waals surface area contributed by atoms with Crippen LogP contribution in [0, 0.1) is 6.92 Å². The molecule has 158 valence electrons. The van der Waals surface area contributed by atoms with E-state index in [1.54, 1.807) is 19.1 Å². The van der Waals surface area contributed by atoms with Crippen LogP contribution in [-0.2, 0) is 4.74 Å². The zero-order valence-corrected chi connectivity index (χ0v) is 18.9. The van der Waals surface area contributed by atoms with Crippen LogP contribution in [-0.4, -0.2) is 29.9 Å². The fourth-order valence-corrected chi connectivity index (χ4v) is 3.23. The van der Waals surface area contributed by atoms with Crippen LogP contribution in [0.3, 0.4) is 0 Å². The Bertz CT molecular complexity index is 1020. The maximum atomic E-state index is 12.7. The lowest BCUT2D eigenvalue weighted by Gasteiger charge is -2.14. The average molecular weight is 475 g/mol. The van der Waals surface area contributed by atoms with Gasteiger partial charge in [-0.05, 0) is 60.5 Å². The molecule has 0 fully saturated rings. The Labute approximate surface area is 183 Å². The van der Waals surface area contributed by atoms with Crippen molar-refractivity contribution in [3.05, 3.63) is 57.9 Å². The van der Waals surface area contributed by atoms with Gasteiger partial charge >= 0.3 is 5.97 Å². The third kappa shape index (κ3) is 4.99. The summed E-state index contributed by atoms with van der Waals surface area (Å²) < 4.78 is 22.9. The number of esters is 1. The first-order chi connectivity index (χ1) is 14.4. The van der Waals surface area contributed by atoms with Gasteiger partial charge in [0.25, 0.3) is 5.89 Å². The summed E-state index contributed by atoms with van der Waals surface area (Å²) in [7, 11) is 1.52. The van der Waals surface area contributed by atoms with Crippen LogP contribution in [0.5, 0.6) is 11.5 Å². The summed E-state index contributed by atoms with van der Waals surface area (Å²) >= 11 is 3.43. The van der Waals surface area contributed by atoms with Gasteiger partial charge in [-0.1, -0.05) is 24.6 Å². The Hall–Kier alpha value is -2.87. The van der Waals surface area contributed by atoms with Crippen molar-refractivity contribution < 1.29 is 23.4 Å².